The Morgan fingerprint density at radius 1 is 1.17 bits per heavy atom. The fourth-order valence-electron chi connectivity index (χ4n) is 3.34. The lowest BCUT2D eigenvalue weighted by Gasteiger charge is -2.31. The van der Waals surface area contributed by atoms with Crippen LogP contribution in [0.4, 0.5) is 5.82 Å². The molecule has 7 heteroatoms. The SMILES string of the molecule is CC1CCC(Nc2ccc(S(=O)(=O)N3CCN(C)CC3)cn2)C1. The van der Waals surface area contributed by atoms with Crippen LogP contribution in [0.3, 0.4) is 0 Å². The number of sulfonamides is 1. The van der Waals surface area contributed by atoms with Gasteiger partial charge in [0.2, 0.25) is 10.0 Å². The van der Waals surface area contributed by atoms with Gasteiger partial charge in [0.05, 0.1) is 0 Å². The number of rotatable bonds is 4. The maximum atomic E-state index is 12.6. The molecule has 2 unspecified atom stereocenters. The van der Waals surface area contributed by atoms with E-state index < -0.39 is 10.0 Å². The van der Waals surface area contributed by atoms with Gasteiger partial charge in [-0.15, -0.1) is 0 Å². The summed E-state index contributed by atoms with van der Waals surface area (Å²) in [6, 6.07) is 3.91. The normalized spacial score (nSPS) is 27.2. The van der Waals surface area contributed by atoms with Gasteiger partial charge in [0.15, 0.2) is 0 Å². The molecule has 0 spiro atoms. The van der Waals surface area contributed by atoms with Gasteiger partial charge in [0, 0.05) is 38.4 Å². The van der Waals surface area contributed by atoms with E-state index in [1.165, 1.54) is 12.6 Å². The molecule has 1 N–H and O–H groups in total. The minimum atomic E-state index is -3.42. The second-order valence-electron chi connectivity index (χ2n) is 6.85. The molecule has 1 aromatic heterocycles. The Morgan fingerprint density at radius 3 is 2.48 bits per heavy atom. The third kappa shape index (κ3) is 3.84. The molecule has 0 aromatic carbocycles. The van der Waals surface area contributed by atoms with Crippen molar-refractivity contribution in [1.29, 1.82) is 0 Å². The molecule has 1 aliphatic carbocycles. The van der Waals surface area contributed by atoms with Crippen molar-refractivity contribution in [3.8, 4) is 0 Å². The Bertz CT molecular complexity index is 624. The number of anilines is 1. The lowest BCUT2D eigenvalue weighted by Crippen LogP contribution is -2.47. The Labute approximate surface area is 138 Å². The molecule has 1 aliphatic heterocycles. The van der Waals surface area contributed by atoms with Crippen LogP contribution in [0, 0.1) is 5.92 Å². The predicted molar refractivity (Wildman–Crippen MR) is 90.9 cm³/mol. The molecule has 6 nitrogen and oxygen atoms in total. The molecule has 2 atom stereocenters. The van der Waals surface area contributed by atoms with Crippen LogP contribution in [0.15, 0.2) is 23.2 Å². The summed E-state index contributed by atoms with van der Waals surface area (Å²) in [6.45, 7) is 4.89. The van der Waals surface area contributed by atoms with Crippen LogP contribution in [-0.2, 0) is 10.0 Å². The number of likely N-dealkylation sites (N-methyl/N-ethyl adjacent to an activating group) is 1. The second kappa shape index (κ2) is 6.75. The van der Waals surface area contributed by atoms with Crippen molar-refractivity contribution in [3.05, 3.63) is 18.3 Å². The van der Waals surface area contributed by atoms with Crippen LogP contribution < -0.4 is 5.32 Å². The predicted octanol–water partition coefficient (Wildman–Crippen LogP) is 1.62. The summed E-state index contributed by atoms with van der Waals surface area (Å²) in [5.74, 6) is 1.52. The van der Waals surface area contributed by atoms with Gasteiger partial charge in [0.25, 0.3) is 0 Å². The van der Waals surface area contributed by atoms with Gasteiger partial charge in [-0.1, -0.05) is 6.92 Å². The average molecular weight is 338 g/mol. The fourth-order valence-corrected chi connectivity index (χ4v) is 4.71. The summed E-state index contributed by atoms with van der Waals surface area (Å²) >= 11 is 0. The summed E-state index contributed by atoms with van der Waals surface area (Å²) in [4.78, 5) is 6.74. The fraction of sp³-hybridized carbons (Fsp3) is 0.688. The van der Waals surface area contributed by atoms with Crippen molar-refractivity contribution in [1.82, 2.24) is 14.2 Å². The van der Waals surface area contributed by atoms with Crippen LogP contribution in [0.25, 0.3) is 0 Å². The quantitative estimate of drug-likeness (QED) is 0.904. The van der Waals surface area contributed by atoms with Crippen molar-refractivity contribution < 1.29 is 8.42 Å². The first kappa shape index (κ1) is 16.7. The first-order valence-electron chi connectivity index (χ1n) is 8.36. The highest BCUT2D eigenvalue weighted by Crippen LogP contribution is 2.27. The van der Waals surface area contributed by atoms with Crippen LogP contribution in [0.5, 0.6) is 0 Å². The molecule has 128 valence electrons. The van der Waals surface area contributed by atoms with E-state index in [0.29, 0.717) is 19.1 Å². The highest BCUT2D eigenvalue weighted by atomic mass is 32.2. The molecule has 3 rings (SSSR count). The number of pyridine rings is 1. The van der Waals surface area contributed by atoms with Crippen LogP contribution in [0.2, 0.25) is 0 Å². The molecule has 2 aliphatic rings. The molecule has 2 fully saturated rings. The van der Waals surface area contributed by atoms with Crippen LogP contribution >= 0.6 is 0 Å². The summed E-state index contributed by atoms with van der Waals surface area (Å²) in [5.41, 5.74) is 0. The molecule has 1 saturated carbocycles. The molecule has 0 bridgehead atoms. The van der Waals surface area contributed by atoms with Crippen LogP contribution in [0.1, 0.15) is 26.2 Å². The van der Waals surface area contributed by atoms with Gasteiger partial charge in [-0.05, 0) is 44.4 Å². The zero-order chi connectivity index (χ0) is 16.4. The third-order valence-corrected chi connectivity index (χ3v) is 6.77. The summed E-state index contributed by atoms with van der Waals surface area (Å²) in [5, 5.41) is 3.41. The molecule has 0 amide bonds. The summed E-state index contributed by atoms with van der Waals surface area (Å²) in [6.07, 6.45) is 5.04. The van der Waals surface area contributed by atoms with E-state index in [4.69, 9.17) is 0 Å². The van der Waals surface area contributed by atoms with Crippen molar-refractivity contribution in [2.24, 2.45) is 5.92 Å². The molecule has 23 heavy (non-hydrogen) atoms. The van der Waals surface area contributed by atoms with E-state index in [1.54, 1.807) is 16.4 Å². The largest absolute Gasteiger partial charge is 0.367 e. The molecule has 1 saturated heterocycles. The average Bonchev–Trinajstić information content (AvgIpc) is 2.93. The first-order chi connectivity index (χ1) is 10.9. The van der Waals surface area contributed by atoms with E-state index in [1.807, 2.05) is 7.05 Å². The van der Waals surface area contributed by atoms with Gasteiger partial charge in [-0.3, -0.25) is 0 Å². The number of nitrogens with zero attached hydrogens (tertiary/aromatic N) is 3. The van der Waals surface area contributed by atoms with Crippen molar-refractivity contribution in [2.75, 3.05) is 38.5 Å². The van der Waals surface area contributed by atoms with E-state index in [-0.39, 0.29) is 4.90 Å². The number of nitrogens with one attached hydrogen (secondary N) is 1. The Balaban J connectivity index is 1.66. The highest BCUT2D eigenvalue weighted by Gasteiger charge is 2.28. The minimum Gasteiger partial charge on any atom is -0.367 e. The number of piperazine rings is 1. The Hall–Kier alpha value is -1.18. The zero-order valence-electron chi connectivity index (χ0n) is 13.9. The van der Waals surface area contributed by atoms with Gasteiger partial charge < -0.3 is 10.2 Å². The monoisotopic (exact) mass is 338 g/mol. The maximum absolute atomic E-state index is 12.6. The Kier molecular flexibility index (Phi) is 4.89. The number of aromatic nitrogens is 1. The Morgan fingerprint density at radius 2 is 1.91 bits per heavy atom. The van der Waals surface area contributed by atoms with E-state index >= 15 is 0 Å². The highest BCUT2D eigenvalue weighted by molar-refractivity contribution is 7.89. The third-order valence-electron chi connectivity index (χ3n) is 4.88. The number of hydrogen-bond acceptors (Lipinski definition) is 5. The maximum Gasteiger partial charge on any atom is 0.244 e. The lowest BCUT2D eigenvalue weighted by atomic mass is 10.1. The molecule has 0 radical (unpaired) electrons. The van der Waals surface area contributed by atoms with Crippen molar-refractivity contribution in [2.45, 2.75) is 37.1 Å². The molecular formula is C16H26N4O2S. The molecular weight excluding hydrogens is 312 g/mol. The van der Waals surface area contributed by atoms with E-state index in [9.17, 15) is 8.42 Å². The topological polar surface area (TPSA) is 65.5 Å². The summed E-state index contributed by atoms with van der Waals surface area (Å²) in [7, 11) is -1.41. The van der Waals surface area contributed by atoms with Gasteiger partial charge in [-0.25, -0.2) is 13.4 Å². The minimum absolute atomic E-state index is 0.285. The zero-order valence-corrected chi connectivity index (χ0v) is 14.7. The number of hydrogen-bond donors (Lipinski definition) is 1. The van der Waals surface area contributed by atoms with Gasteiger partial charge in [-0.2, -0.15) is 4.31 Å². The van der Waals surface area contributed by atoms with Crippen molar-refractivity contribution >= 4 is 15.8 Å². The van der Waals surface area contributed by atoms with E-state index in [0.717, 1.165) is 37.7 Å². The second-order valence-corrected chi connectivity index (χ2v) is 8.78. The van der Waals surface area contributed by atoms with E-state index in [2.05, 4.69) is 22.1 Å². The molecule has 2 heterocycles. The molecule has 1 aromatic rings. The standard InChI is InChI=1S/C16H26N4O2S/c1-13-3-4-14(11-13)18-16-6-5-15(12-17-16)23(21,22)20-9-7-19(2)8-10-20/h5-6,12-14H,3-4,7-11H2,1-2H3,(H,17,18). The first-order valence-corrected chi connectivity index (χ1v) is 9.80. The van der Waals surface area contributed by atoms with Gasteiger partial charge >= 0.3 is 0 Å². The lowest BCUT2D eigenvalue weighted by molar-refractivity contribution is 0.222. The van der Waals surface area contributed by atoms with Crippen LogP contribution in [-0.4, -0.2) is 61.9 Å². The summed E-state index contributed by atoms with van der Waals surface area (Å²) < 4.78 is 26.8. The van der Waals surface area contributed by atoms with Crippen molar-refractivity contribution in [3.63, 3.8) is 0 Å². The van der Waals surface area contributed by atoms with Gasteiger partial charge in [0.1, 0.15) is 10.7 Å². The smallest absolute Gasteiger partial charge is 0.244 e.